The van der Waals surface area contributed by atoms with Crippen molar-refractivity contribution in [3.63, 3.8) is 0 Å². The van der Waals surface area contributed by atoms with Crippen LogP contribution in [0.1, 0.15) is 5.56 Å². The van der Waals surface area contributed by atoms with Crippen LogP contribution in [0.4, 0.5) is 0 Å². The largest absolute Gasteiger partial charge is 0.299 e. The summed E-state index contributed by atoms with van der Waals surface area (Å²) in [6.45, 7) is 0. The number of nitrogens with zero attached hydrogens (tertiary/aromatic N) is 3. The lowest BCUT2D eigenvalue weighted by Gasteiger charge is -2.00. The zero-order valence-electron chi connectivity index (χ0n) is 11.3. The minimum Gasteiger partial charge on any atom is -0.299 e. The topological polar surface area (TPSA) is 47.8 Å². The molecule has 0 aliphatic carbocycles. The molecule has 0 saturated heterocycles. The maximum Gasteiger partial charge on any atom is 0.142 e. The fraction of sp³-hybridized carbons (Fsp3) is 0. The minimum atomic E-state index is 0.760. The van der Waals surface area contributed by atoms with Gasteiger partial charge in [-0.05, 0) is 36.4 Å². The van der Waals surface area contributed by atoms with Crippen molar-refractivity contribution in [1.82, 2.24) is 14.8 Å². The van der Waals surface area contributed by atoms with E-state index in [4.69, 9.17) is 0 Å². The minimum absolute atomic E-state index is 0.760. The summed E-state index contributed by atoms with van der Waals surface area (Å²) in [5, 5.41) is 4.63. The van der Waals surface area contributed by atoms with Crippen molar-refractivity contribution >= 4 is 12.4 Å². The molecule has 0 aliphatic rings. The number of aromatic nitrogens is 3. The molecule has 4 nitrogen and oxygen atoms in total. The maximum atomic E-state index is 10.6. The van der Waals surface area contributed by atoms with Gasteiger partial charge < -0.3 is 0 Å². The highest BCUT2D eigenvalue weighted by Crippen LogP contribution is 2.24. The molecule has 3 aromatic rings. The van der Waals surface area contributed by atoms with E-state index < -0.39 is 0 Å². The summed E-state index contributed by atoms with van der Waals surface area (Å²) in [7, 11) is 0. The summed E-state index contributed by atoms with van der Waals surface area (Å²) >= 11 is 0. The average molecular weight is 275 g/mol. The monoisotopic (exact) mass is 275 g/mol. The average Bonchev–Trinajstić information content (AvgIpc) is 2.99. The first-order valence-corrected chi connectivity index (χ1v) is 6.56. The van der Waals surface area contributed by atoms with Crippen molar-refractivity contribution in [2.45, 2.75) is 0 Å². The molecule has 0 spiro atoms. The van der Waals surface area contributed by atoms with Crippen molar-refractivity contribution in [1.29, 1.82) is 0 Å². The van der Waals surface area contributed by atoms with Gasteiger partial charge in [0.05, 0.1) is 5.69 Å². The standard InChI is InChI=1S/C17H13N3O/c21-12-4-5-15-13-20(16-6-2-1-3-7-16)19-17(15)14-8-10-18-11-9-14/h1-13H. The van der Waals surface area contributed by atoms with Gasteiger partial charge in [-0.2, -0.15) is 5.10 Å². The summed E-state index contributed by atoms with van der Waals surface area (Å²) in [6.07, 6.45) is 9.35. The number of carbonyl (C=O) groups is 1. The number of para-hydroxylation sites is 1. The van der Waals surface area contributed by atoms with Gasteiger partial charge in [-0.1, -0.05) is 18.2 Å². The third-order valence-electron chi connectivity index (χ3n) is 3.07. The molecule has 4 heteroatoms. The Labute approximate surface area is 122 Å². The number of carbonyl (C=O) groups excluding carboxylic acids is 1. The van der Waals surface area contributed by atoms with Gasteiger partial charge in [0, 0.05) is 29.7 Å². The van der Waals surface area contributed by atoms with Crippen molar-refractivity contribution in [3.05, 3.63) is 72.7 Å². The predicted molar refractivity (Wildman–Crippen MR) is 81.9 cm³/mol. The Kier molecular flexibility index (Phi) is 3.69. The van der Waals surface area contributed by atoms with E-state index in [0.717, 1.165) is 28.8 Å². The Morgan fingerprint density at radius 2 is 1.76 bits per heavy atom. The van der Waals surface area contributed by atoms with Crippen LogP contribution in [0, 0.1) is 0 Å². The third-order valence-corrected chi connectivity index (χ3v) is 3.07. The van der Waals surface area contributed by atoms with E-state index in [1.807, 2.05) is 48.7 Å². The number of hydrogen-bond donors (Lipinski definition) is 0. The van der Waals surface area contributed by atoms with Crippen LogP contribution in [-0.2, 0) is 4.79 Å². The predicted octanol–water partition coefficient (Wildman–Crippen LogP) is 3.15. The second-order valence-corrected chi connectivity index (χ2v) is 4.44. The summed E-state index contributed by atoms with van der Waals surface area (Å²) in [4.78, 5) is 14.6. The molecule has 2 heterocycles. The number of pyridine rings is 1. The molecule has 0 unspecified atom stereocenters. The van der Waals surface area contributed by atoms with Crippen LogP contribution in [0.2, 0.25) is 0 Å². The Bertz CT molecular complexity index is 761. The van der Waals surface area contributed by atoms with Gasteiger partial charge in [0.2, 0.25) is 0 Å². The Morgan fingerprint density at radius 1 is 1.00 bits per heavy atom. The number of benzene rings is 1. The third kappa shape index (κ3) is 2.79. The zero-order valence-corrected chi connectivity index (χ0v) is 11.3. The number of hydrogen-bond acceptors (Lipinski definition) is 3. The van der Waals surface area contributed by atoms with Crippen LogP contribution < -0.4 is 0 Å². The summed E-state index contributed by atoms with van der Waals surface area (Å²) in [6, 6.07) is 13.6. The molecule has 102 valence electrons. The van der Waals surface area contributed by atoms with Gasteiger partial charge in [0.15, 0.2) is 0 Å². The number of aldehydes is 1. The lowest BCUT2D eigenvalue weighted by molar-refractivity contribution is -0.104. The van der Waals surface area contributed by atoms with Crippen molar-refractivity contribution in [2.24, 2.45) is 0 Å². The molecular formula is C17H13N3O. The lowest BCUT2D eigenvalue weighted by atomic mass is 10.1. The second kappa shape index (κ2) is 5.96. The van der Waals surface area contributed by atoms with E-state index in [1.54, 1.807) is 23.2 Å². The highest BCUT2D eigenvalue weighted by molar-refractivity contribution is 5.79. The second-order valence-electron chi connectivity index (χ2n) is 4.44. The number of allylic oxidation sites excluding steroid dienone is 1. The quantitative estimate of drug-likeness (QED) is 0.543. The molecular weight excluding hydrogens is 262 g/mol. The fourth-order valence-electron chi connectivity index (χ4n) is 2.10. The van der Waals surface area contributed by atoms with Crippen molar-refractivity contribution in [3.8, 4) is 16.9 Å². The summed E-state index contributed by atoms with van der Waals surface area (Å²) < 4.78 is 1.81. The summed E-state index contributed by atoms with van der Waals surface area (Å²) in [5.74, 6) is 0. The van der Waals surface area contributed by atoms with E-state index in [1.165, 1.54) is 6.08 Å². The van der Waals surface area contributed by atoms with Crippen LogP contribution in [0.25, 0.3) is 23.0 Å². The molecule has 0 saturated carbocycles. The van der Waals surface area contributed by atoms with Gasteiger partial charge in [-0.25, -0.2) is 4.68 Å². The molecule has 1 aromatic carbocycles. The van der Waals surface area contributed by atoms with Crippen molar-refractivity contribution < 1.29 is 4.79 Å². The molecule has 3 rings (SSSR count). The van der Waals surface area contributed by atoms with Crippen LogP contribution in [0.3, 0.4) is 0 Å². The Balaban J connectivity index is 2.12. The number of rotatable bonds is 4. The Hall–Kier alpha value is -3.01. The molecule has 0 aliphatic heterocycles. The Morgan fingerprint density at radius 3 is 2.48 bits per heavy atom. The van der Waals surface area contributed by atoms with E-state index >= 15 is 0 Å². The first kappa shape index (κ1) is 13.0. The molecule has 0 radical (unpaired) electrons. The highest BCUT2D eigenvalue weighted by Gasteiger charge is 2.09. The van der Waals surface area contributed by atoms with Gasteiger partial charge in [0.1, 0.15) is 12.0 Å². The molecule has 0 atom stereocenters. The van der Waals surface area contributed by atoms with Crippen LogP contribution >= 0.6 is 0 Å². The fourth-order valence-corrected chi connectivity index (χ4v) is 2.10. The molecule has 0 N–H and O–H groups in total. The molecule has 0 bridgehead atoms. The van der Waals surface area contributed by atoms with Crippen LogP contribution in [0.5, 0.6) is 0 Å². The van der Waals surface area contributed by atoms with E-state index in [-0.39, 0.29) is 0 Å². The zero-order chi connectivity index (χ0) is 14.5. The van der Waals surface area contributed by atoms with E-state index in [9.17, 15) is 4.79 Å². The smallest absolute Gasteiger partial charge is 0.142 e. The first-order chi connectivity index (χ1) is 10.4. The van der Waals surface area contributed by atoms with Crippen LogP contribution in [0.15, 0.2) is 67.1 Å². The van der Waals surface area contributed by atoms with E-state index in [2.05, 4.69) is 10.1 Å². The van der Waals surface area contributed by atoms with Gasteiger partial charge in [0.25, 0.3) is 0 Å². The highest BCUT2D eigenvalue weighted by atomic mass is 16.1. The van der Waals surface area contributed by atoms with Crippen molar-refractivity contribution in [2.75, 3.05) is 0 Å². The van der Waals surface area contributed by atoms with Gasteiger partial charge in [-0.15, -0.1) is 0 Å². The summed E-state index contributed by atoms with van der Waals surface area (Å²) in [5.41, 5.74) is 3.64. The van der Waals surface area contributed by atoms with E-state index in [0.29, 0.717) is 0 Å². The normalized spacial score (nSPS) is 10.9. The first-order valence-electron chi connectivity index (χ1n) is 6.56. The van der Waals surface area contributed by atoms with Crippen LogP contribution in [-0.4, -0.2) is 21.1 Å². The molecule has 2 aromatic heterocycles. The lowest BCUT2D eigenvalue weighted by Crippen LogP contribution is -1.93. The SMILES string of the molecule is O=CC=Cc1cn(-c2ccccc2)nc1-c1ccncc1. The maximum absolute atomic E-state index is 10.6. The molecule has 0 fully saturated rings. The van der Waals surface area contributed by atoms with Gasteiger partial charge >= 0.3 is 0 Å². The molecule has 21 heavy (non-hydrogen) atoms. The van der Waals surface area contributed by atoms with Gasteiger partial charge in [-0.3, -0.25) is 9.78 Å². The molecule has 0 amide bonds.